The van der Waals surface area contributed by atoms with E-state index in [1.54, 1.807) is 12.1 Å². The second kappa shape index (κ2) is 5.73. The molecule has 3 nitrogen and oxygen atoms in total. The summed E-state index contributed by atoms with van der Waals surface area (Å²) < 4.78 is 30.3. The Morgan fingerprint density at radius 1 is 1.19 bits per heavy atom. The van der Waals surface area contributed by atoms with Gasteiger partial charge in [0.15, 0.2) is 0 Å². The molecule has 4 heteroatoms. The summed E-state index contributed by atoms with van der Waals surface area (Å²) in [6.45, 7) is 4.28. The Kier molecular flexibility index (Phi) is 4.10. The Morgan fingerprint density at radius 3 is 2.43 bits per heavy atom. The average molecular weight is 308 g/mol. The van der Waals surface area contributed by atoms with Gasteiger partial charge in [0, 0.05) is 0 Å². The zero-order valence-electron chi connectivity index (χ0n) is 12.8. The van der Waals surface area contributed by atoms with E-state index in [2.05, 4.69) is 13.8 Å². The first kappa shape index (κ1) is 15.0. The van der Waals surface area contributed by atoms with E-state index in [-0.39, 0.29) is 11.0 Å². The summed E-state index contributed by atoms with van der Waals surface area (Å²) in [7, 11) is -3.62. The summed E-state index contributed by atoms with van der Waals surface area (Å²) in [6.07, 6.45) is 5.38. The van der Waals surface area contributed by atoms with Crippen LogP contribution in [0.3, 0.4) is 0 Å². The molecule has 1 aromatic carbocycles. The molecule has 3 rings (SSSR count). The van der Waals surface area contributed by atoms with Crippen molar-refractivity contribution in [3.8, 4) is 0 Å². The molecule has 2 aliphatic carbocycles. The van der Waals surface area contributed by atoms with E-state index < -0.39 is 10.1 Å². The smallest absolute Gasteiger partial charge is 0.263 e. The predicted molar refractivity (Wildman–Crippen MR) is 82.7 cm³/mol. The molecule has 21 heavy (non-hydrogen) atoms. The van der Waals surface area contributed by atoms with Crippen LogP contribution in [0.4, 0.5) is 0 Å². The summed E-state index contributed by atoms with van der Waals surface area (Å²) in [5.41, 5.74) is 1.18. The maximum atomic E-state index is 12.4. The van der Waals surface area contributed by atoms with Gasteiger partial charge in [-0.05, 0) is 67.6 Å². The molecule has 1 aromatic rings. The zero-order chi connectivity index (χ0) is 15.0. The minimum Gasteiger partial charge on any atom is -0.263 e. The van der Waals surface area contributed by atoms with Crippen LogP contribution in [0.25, 0.3) is 0 Å². The molecule has 2 aliphatic rings. The number of hydrogen-bond acceptors (Lipinski definition) is 3. The minimum absolute atomic E-state index is 0.0945. The van der Waals surface area contributed by atoms with E-state index in [9.17, 15) is 8.42 Å². The molecular weight excluding hydrogens is 284 g/mol. The molecule has 0 N–H and O–H groups in total. The molecule has 0 aromatic heterocycles. The molecule has 0 amide bonds. The molecule has 4 atom stereocenters. The van der Waals surface area contributed by atoms with Crippen molar-refractivity contribution in [3.63, 3.8) is 0 Å². The van der Waals surface area contributed by atoms with Gasteiger partial charge in [0.25, 0.3) is 10.1 Å². The second-order valence-electron chi connectivity index (χ2n) is 6.64. The van der Waals surface area contributed by atoms with Crippen LogP contribution in [0.15, 0.2) is 29.2 Å². The molecule has 0 spiro atoms. The van der Waals surface area contributed by atoms with Gasteiger partial charge in [-0.2, -0.15) is 8.42 Å². The van der Waals surface area contributed by atoms with Gasteiger partial charge in [0.2, 0.25) is 0 Å². The summed E-state index contributed by atoms with van der Waals surface area (Å²) in [5, 5.41) is 0. The zero-order valence-corrected chi connectivity index (χ0v) is 13.6. The summed E-state index contributed by atoms with van der Waals surface area (Å²) in [4.78, 5) is 0.289. The Labute approximate surface area is 127 Å². The SMILES string of the molecule is CCC(C)c1ccc(S(=O)(=O)OC2CC3CCC2C3)cc1. The number of rotatable bonds is 5. The van der Waals surface area contributed by atoms with Crippen LogP contribution in [0.2, 0.25) is 0 Å². The number of benzene rings is 1. The van der Waals surface area contributed by atoms with Crippen molar-refractivity contribution < 1.29 is 12.6 Å². The quantitative estimate of drug-likeness (QED) is 0.769. The molecule has 2 saturated carbocycles. The van der Waals surface area contributed by atoms with E-state index >= 15 is 0 Å². The number of fused-ring (bicyclic) bond motifs is 2. The van der Waals surface area contributed by atoms with Gasteiger partial charge in [-0.15, -0.1) is 0 Å². The fourth-order valence-corrected chi connectivity index (χ4v) is 4.86. The Bertz CT molecular complexity index is 591. The second-order valence-corrected chi connectivity index (χ2v) is 8.21. The average Bonchev–Trinajstić information content (AvgIpc) is 3.08. The standard InChI is InChI=1S/C17H24O3S/c1-3-12(2)14-6-8-16(9-7-14)21(18,19)20-17-11-13-4-5-15(17)10-13/h6-9,12-13,15,17H,3-5,10-11H2,1-2H3. The van der Waals surface area contributed by atoms with Crippen LogP contribution < -0.4 is 0 Å². The van der Waals surface area contributed by atoms with Crippen molar-refractivity contribution >= 4 is 10.1 Å². The van der Waals surface area contributed by atoms with Crippen molar-refractivity contribution in [2.75, 3.05) is 0 Å². The molecule has 4 unspecified atom stereocenters. The normalized spacial score (nSPS) is 29.7. The lowest BCUT2D eigenvalue weighted by Gasteiger charge is -2.21. The van der Waals surface area contributed by atoms with Crippen molar-refractivity contribution in [1.29, 1.82) is 0 Å². The van der Waals surface area contributed by atoms with E-state index in [1.165, 1.54) is 12.0 Å². The van der Waals surface area contributed by atoms with Crippen molar-refractivity contribution in [3.05, 3.63) is 29.8 Å². The van der Waals surface area contributed by atoms with Crippen LogP contribution in [-0.2, 0) is 14.3 Å². The molecule has 0 radical (unpaired) electrons. The van der Waals surface area contributed by atoms with Crippen molar-refractivity contribution in [2.45, 2.75) is 62.9 Å². The first-order valence-electron chi connectivity index (χ1n) is 8.03. The van der Waals surface area contributed by atoms with Gasteiger partial charge in [-0.3, -0.25) is 4.18 Å². The lowest BCUT2D eigenvalue weighted by molar-refractivity contribution is 0.145. The molecule has 0 aliphatic heterocycles. The third-order valence-corrected chi connectivity index (χ3v) is 6.62. The highest BCUT2D eigenvalue weighted by Crippen LogP contribution is 2.46. The Morgan fingerprint density at radius 2 is 1.90 bits per heavy atom. The van der Waals surface area contributed by atoms with Gasteiger partial charge in [-0.1, -0.05) is 26.0 Å². The molecular formula is C17H24O3S. The van der Waals surface area contributed by atoms with E-state index in [0.29, 0.717) is 17.8 Å². The van der Waals surface area contributed by atoms with Gasteiger partial charge in [0.05, 0.1) is 11.0 Å². The predicted octanol–water partition coefficient (Wildman–Crippen LogP) is 4.09. The highest BCUT2D eigenvalue weighted by Gasteiger charge is 2.42. The summed E-state index contributed by atoms with van der Waals surface area (Å²) in [5.74, 6) is 1.58. The van der Waals surface area contributed by atoms with Gasteiger partial charge >= 0.3 is 0 Å². The Balaban J connectivity index is 1.72. The third kappa shape index (κ3) is 3.02. The van der Waals surface area contributed by atoms with E-state index in [0.717, 1.165) is 25.7 Å². The van der Waals surface area contributed by atoms with Gasteiger partial charge in [-0.25, -0.2) is 0 Å². The van der Waals surface area contributed by atoms with Crippen LogP contribution in [-0.4, -0.2) is 14.5 Å². The summed E-state index contributed by atoms with van der Waals surface area (Å²) >= 11 is 0. The minimum atomic E-state index is -3.62. The highest BCUT2D eigenvalue weighted by molar-refractivity contribution is 7.86. The largest absolute Gasteiger partial charge is 0.297 e. The highest BCUT2D eigenvalue weighted by atomic mass is 32.2. The maximum Gasteiger partial charge on any atom is 0.297 e. The fraction of sp³-hybridized carbons (Fsp3) is 0.647. The van der Waals surface area contributed by atoms with Crippen LogP contribution in [0.5, 0.6) is 0 Å². The molecule has 2 bridgehead atoms. The molecule has 0 saturated heterocycles. The van der Waals surface area contributed by atoms with Gasteiger partial charge < -0.3 is 0 Å². The van der Waals surface area contributed by atoms with Crippen LogP contribution in [0.1, 0.15) is 57.4 Å². The first-order chi connectivity index (χ1) is 9.99. The van der Waals surface area contributed by atoms with Crippen LogP contribution >= 0.6 is 0 Å². The third-order valence-electron chi connectivity index (χ3n) is 5.27. The maximum absolute atomic E-state index is 12.4. The van der Waals surface area contributed by atoms with E-state index in [4.69, 9.17) is 4.18 Å². The summed E-state index contributed by atoms with van der Waals surface area (Å²) in [6, 6.07) is 7.19. The van der Waals surface area contributed by atoms with Crippen LogP contribution in [0, 0.1) is 11.8 Å². The topological polar surface area (TPSA) is 43.4 Å². The molecule has 0 heterocycles. The lowest BCUT2D eigenvalue weighted by Crippen LogP contribution is -2.24. The monoisotopic (exact) mass is 308 g/mol. The number of hydrogen-bond donors (Lipinski definition) is 0. The van der Waals surface area contributed by atoms with Crippen molar-refractivity contribution in [1.82, 2.24) is 0 Å². The first-order valence-corrected chi connectivity index (χ1v) is 9.43. The Hall–Kier alpha value is -0.870. The lowest BCUT2D eigenvalue weighted by atomic mass is 9.98. The van der Waals surface area contributed by atoms with Crippen molar-refractivity contribution in [2.24, 2.45) is 11.8 Å². The molecule has 116 valence electrons. The van der Waals surface area contributed by atoms with Gasteiger partial charge in [0.1, 0.15) is 0 Å². The molecule has 2 fully saturated rings. The fourth-order valence-electron chi connectivity index (χ4n) is 3.72. The van der Waals surface area contributed by atoms with E-state index in [1.807, 2.05) is 12.1 Å².